The molecule has 0 radical (unpaired) electrons. The van der Waals surface area contributed by atoms with Crippen LogP contribution >= 0.6 is 0 Å². The summed E-state index contributed by atoms with van der Waals surface area (Å²) < 4.78 is 31.9. The maximum Gasteiger partial charge on any atom is 0.244 e. The molecule has 0 saturated carbocycles. The van der Waals surface area contributed by atoms with Crippen LogP contribution < -0.4 is 15.2 Å². The minimum Gasteiger partial charge on any atom is -0.492 e. The number of nitrogen functional groups attached to an aromatic ring is 1. The van der Waals surface area contributed by atoms with Crippen LogP contribution in [0, 0.1) is 0 Å². The molecule has 17 heavy (non-hydrogen) atoms. The summed E-state index contributed by atoms with van der Waals surface area (Å²) in [4.78, 5) is 0.0769. The van der Waals surface area contributed by atoms with E-state index in [4.69, 9.17) is 10.5 Å². The average Bonchev–Trinajstić information content (AvgIpc) is 2.19. The van der Waals surface area contributed by atoms with E-state index >= 15 is 0 Å². The maximum absolute atomic E-state index is 12.0. The summed E-state index contributed by atoms with van der Waals surface area (Å²) in [5.41, 5.74) is 5.99. The molecule has 3 N–H and O–H groups in total. The molecule has 0 amide bonds. The van der Waals surface area contributed by atoms with E-state index in [9.17, 15) is 8.42 Å². The Morgan fingerprint density at radius 1 is 1.41 bits per heavy atom. The number of hydrogen-bond donors (Lipinski definition) is 2. The van der Waals surface area contributed by atoms with E-state index in [0.29, 0.717) is 18.0 Å². The first-order chi connectivity index (χ1) is 7.86. The van der Waals surface area contributed by atoms with Gasteiger partial charge in [0.2, 0.25) is 10.0 Å². The Hall–Kier alpha value is -1.27. The van der Waals surface area contributed by atoms with Crippen molar-refractivity contribution in [3.63, 3.8) is 0 Å². The molecule has 96 valence electrons. The molecule has 5 nitrogen and oxygen atoms in total. The van der Waals surface area contributed by atoms with E-state index in [1.165, 1.54) is 6.07 Å². The fourth-order valence-electron chi connectivity index (χ4n) is 1.38. The fourth-order valence-corrected chi connectivity index (χ4v) is 2.81. The third-order valence-corrected chi connectivity index (χ3v) is 3.63. The van der Waals surface area contributed by atoms with Gasteiger partial charge >= 0.3 is 0 Å². The highest BCUT2D eigenvalue weighted by atomic mass is 32.2. The monoisotopic (exact) mass is 258 g/mol. The van der Waals surface area contributed by atoms with E-state index in [2.05, 4.69) is 4.72 Å². The van der Waals surface area contributed by atoms with Crippen LogP contribution in [0.5, 0.6) is 5.75 Å². The summed E-state index contributed by atoms with van der Waals surface area (Å²) in [6, 6.07) is 4.39. The van der Waals surface area contributed by atoms with Crippen LogP contribution in [0.25, 0.3) is 0 Å². The van der Waals surface area contributed by atoms with Crippen LogP contribution in [-0.4, -0.2) is 21.1 Å². The summed E-state index contributed by atoms with van der Waals surface area (Å²) in [5.74, 6) is 0.315. The van der Waals surface area contributed by atoms with Gasteiger partial charge in [0, 0.05) is 11.7 Å². The van der Waals surface area contributed by atoms with E-state index < -0.39 is 10.0 Å². The number of rotatable bonds is 5. The zero-order chi connectivity index (χ0) is 13.1. The van der Waals surface area contributed by atoms with Crippen LogP contribution in [0.3, 0.4) is 0 Å². The predicted octanol–water partition coefficient (Wildman–Crippen LogP) is 1.35. The highest BCUT2D eigenvalue weighted by molar-refractivity contribution is 7.89. The SMILES string of the molecule is CCOc1ccc(N)cc1S(=O)(=O)NC(C)C. The lowest BCUT2D eigenvalue weighted by Crippen LogP contribution is -2.30. The Morgan fingerprint density at radius 3 is 2.59 bits per heavy atom. The number of sulfonamides is 1. The quantitative estimate of drug-likeness (QED) is 0.781. The van der Waals surface area contributed by atoms with Crippen LogP contribution in [0.15, 0.2) is 23.1 Å². The number of benzene rings is 1. The molecule has 0 bridgehead atoms. The first-order valence-electron chi connectivity index (χ1n) is 5.41. The van der Waals surface area contributed by atoms with Gasteiger partial charge in [-0.15, -0.1) is 0 Å². The van der Waals surface area contributed by atoms with Crippen molar-refractivity contribution in [1.82, 2.24) is 4.72 Å². The second-order valence-corrected chi connectivity index (χ2v) is 5.60. The lowest BCUT2D eigenvalue weighted by molar-refractivity contribution is 0.331. The molecule has 0 unspecified atom stereocenters. The molecule has 0 atom stereocenters. The van der Waals surface area contributed by atoms with E-state index in [1.54, 1.807) is 32.9 Å². The minimum absolute atomic E-state index is 0.0769. The molecule has 0 aliphatic rings. The lowest BCUT2D eigenvalue weighted by Gasteiger charge is -2.14. The van der Waals surface area contributed by atoms with Gasteiger partial charge in [0.1, 0.15) is 10.6 Å². The van der Waals surface area contributed by atoms with E-state index in [0.717, 1.165) is 0 Å². The van der Waals surface area contributed by atoms with Gasteiger partial charge in [-0.2, -0.15) is 0 Å². The number of hydrogen-bond acceptors (Lipinski definition) is 4. The smallest absolute Gasteiger partial charge is 0.244 e. The van der Waals surface area contributed by atoms with Gasteiger partial charge in [0.15, 0.2) is 0 Å². The Labute approximate surface area is 102 Å². The molecular weight excluding hydrogens is 240 g/mol. The molecule has 0 heterocycles. The van der Waals surface area contributed by atoms with E-state index in [-0.39, 0.29) is 10.9 Å². The Morgan fingerprint density at radius 2 is 2.06 bits per heavy atom. The molecule has 0 spiro atoms. The molecular formula is C11H18N2O3S. The van der Waals surface area contributed by atoms with Crippen molar-refractivity contribution in [2.24, 2.45) is 0 Å². The standard InChI is InChI=1S/C11H18N2O3S/c1-4-16-10-6-5-9(12)7-11(10)17(14,15)13-8(2)3/h5-8,13H,4,12H2,1-3H3. The van der Waals surface area contributed by atoms with Gasteiger partial charge in [0.25, 0.3) is 0 Å². The lowest BCUT2D eigenvalue weighted by atomic mass is 10.3. The topological polar surface area (TPSA) is 81.4 Å². The van der Waals surface area contributed by atoms with Gasteiger partial charge in [-0.25, -0.2) is 13.1 Å². The van der Waals surface area contributed by atoms with Gasteiger partial charge in [-0.05, 0) is 39.0 Å². The summed E-state index contributed by atoms with van der Waals surface area (Å²) in [6.07, 6.45) is 0. The van der Waals surface area contributed by atoms with Crippen molar-refractivity contribution in [2.45, 2.75) is 31.7 Å². The van der Waals surface area contributed by atoms with Crippen molar-refractivity contribution in [1.29, 1.82) is 0 Å². The summed E-state index contributed by atoms with van der Waals surface area (Å²) >= 11 is 0. The fraction of sp³-hybridized carbons (Fsp3) is 0.455. The first-order valence-corrected chi connectivity index (χ1v) is 6.89. The number of anilines is 1. The van der Waals surface area contributed by atoms with Gasteiger partial charge in [-0.1, -0.05) is 0 Å². The van der Waals surface area contributed by atoms with Crippen molar-refractivity contribution in [2.75, 3.05) is 12.3 Å². The van der Waals surface area contributed by atoms with Crippen molar-refractivity contribution in [3.05, 3.63) is 18.2 Å². The predicted molar refractivity (Wildman–Crippen MR) is 67.5 cm³/mol. The first kappa shape index (κ1) is 13.8. The van der Waals surface area contributed by atoms with Gasteiger partial charge in [0.05, 0.1) is 6.61 Å². The second-order valence-electron chi connectivity index (χ2n) is 3.92. The van der Waals surface area contributed by atoms with Crippen molar-refractivity contribution >= 4 is 15.7 Å². The largest absolute Gasteiger partial charge is 0.492 e. The molecule has 0 aromatic heterocycles. The van der Waals surface area contributed by atoms with Gasteiger partial charge < -0.3 is 10.5 Å². The molecule has 0 aliphatic heterocycles. The van der Waals surface area contributed by atoms with Crippen LogP contribution in [0.4, 0.5) is 5.69 Å². The molecule has 0 aliphatic carbocycles. The molecule has 1 aromatic rings. The minimum atomic E-state index is -3.59. The normalized spacial score (nSPS) is 11.8. The third kappa shape index (κ3) is 3.61. The average molecular weight is 258 g/mol. The zero-order valence-electron chi connectivity index (χ0n) is 10.2. The van der Waals surface area contributed by atoms with Crippen LogP contribution in [-0.2, 0) is 10.0 Å². The summed E-state index contributed by atoms with van der Waals surface area (Å²) in [6.45, 7) is 5.70. The molecule has 6 heteroatoms. The molecule has 1 aromatic carbocycles. The summed E-state index contributed by atoms with van der Waals surface area (Å²) in [7, 11) is -3.59. The Kier molecular flexibility index (Phi) is 4.36. The number of nitrogens with two attached hydrogens (primary N) is 1. The summed E-state index contributed by atoms with van der Waals surface area (Å²) in [5, 5.41) is 0. The molecule has 0 saturated heterocycles. The maximum atomic E-state index is 12.0. The Balaban J connectivity index is 3.23. The zero-order valence-corrected chi connectivity index (χ0v) is 11.0. The van der Waals surface area contributed by atoms with Crippen molar-refractivity contribution < 1.29 is 13.2 Å². The van der Waals surface area contributed by atoms with Crippen LogP contribution in [0.2, 0.25) is 0 Å². The number of nitrogens with one attached hydrogen (secondary N) is 1. The number of ether oxygens (including phenoxy) is 1. The Bertz CT molecular complexity index is 483. The molecule has 1 rings (SSSR count). The second kappa shape index (κ2) is 5.37. The van der Waals surface area contributed by atoms with Crippen molar-refractivity contribution in [3.8, 4) is 5.75 Å². The highest BCUT2D eigenvalue weighted by Gasteiger charge is 2.20. The van der Waals surface area contributed by atoms with Gasteiger partial charge in [-0.3, -0.25) is 0 Å². The molecule has 0 fully saturated rings. The highest BCUT2D eigenvalue weighted by Crippen LogP contribution is 2.26. The van der Waals surface area contributed by atoms with Crippen LogP contribution in [0.1, 0.15) is 20.8 Å². The van der Waals surface area contributed by atoms with E-state index in [1.807, 2.05) is 0 Å². The third-order valence-electron chi connectivity index (χ3n) is 1.95.